The highest BCUT2D eigenvalue weighted by atomic mass is 15.0. The number of imidazole rings is 1. The number of nitrogens with zero attached hydrogens (tertiary/aromatic N) is 3. The molecule has 0 N–H and O–H groups in total. The quantitative estimate of drug-likeness (QED) is 0.695. The Morgan fingerprint density at radius 2 is 1.79 bits per heavy atom. The molecule has 0 aliphatic carbocycles. The molecule has 0 saturated carbocycles. The predicted octanol–water partition coefficient (Wildman–Crippen LogP) is 3.55. The van der Waals surface area contributed by atoms with Gasteiger partial charge in [0.05, 0.1) is 12.0 Å². The first kappa shape index (κ1) is 11.7. The normalized spacial score (nSPS) is 10.6. The van der Waals surface area contributed by atoms with Crippen LogP contribution in [0.25, 0.3) is 16.9 Å². The highest BCUT2D eigenvalue weighted by molar-refractivity contribution is 5.69. The lowest BCUT2D eigenvalue weighted by atomic mass is 9.98. The number of aromatic nitrogens is 3. The summed E-state index contributed by atoms with van der Waals surface area (Å²) in [5.74, 6) is 0. The first-order chi connectivity index (χ1) is 9.25. The van der Waals surface area contributed by atoms with Crippen molar-refractivity contribution in [1.29, 1.82) is 0 Å². The third-order valence-electron chi connectivity index (χ3n) is 3.24. The molecule has 0 atom stereocenters. The Morgan fingerprint density at radius 3 is 2.37 bits per heavy atom. The predicted molar refractivity (Wildman–Crippen MR) is 76.3 cm³/mol. The van der Waals surface area contributed by atoms with Crippen LogP contribution in [0.3, 0.4) is 0 Å². The SMILES string of the molecule is Cc1cc(-n2ccnc2)cc(C)c1-c1ccccn1. The smallest absolute Gasteiger partial charge is 0.0991 e. The summed E-state index contributed by atoms with van der Waals surface area (Å²) in [6, 6.07) is 10.3. The molecule has 3 nitrogen and oxygen atoms in total. The van der Waals surface area contributed by atoms with E-state index < -0.39 is 0 Å². The van der Waals surface area contributed by atoms with E-state index in [2.05, 4.69) is 35.9 Å². The minimum absolute atomic E-state index is 1.02. The fourth-order valence-electron chi connectivity index (χ4n) is 2.42. The summed E-state index contributed by atoms with van der Waals surface area (Å²) < 4.78 is 2.02. The molecule has 0 aliphatic rings. The number of aryl methyl sites for hydroxylation is 2. The van der Waals surface area contributed by atoms with Gasteiger partial charge in [-0.15, -0.1) is 0 Å². The standard InChI is InChI=1S/C16H15N3/c1-12-9-14(19-8-7-17-11-19)10-13(2)16(12)15-5-3-4-6-18-15/h3-11H,1-2H3. The number of rotatable bonds is 2. The molecule has 19 heavy (non-hydrogen) atoms. The molecule has 94 valence electrons. The molecule has 0 aliphatic heterocycles. The van der Waals surface area contributed by atoms with Crippen molar-refractivity contribution in [2.75, 3.05) is 0 Å². The summed E-state index contributed by atoms with van der Waals surface area (Å²) in [4.78, 5) is 8.53. The average molecular weight is 249 g/mol. The topological polar surface area (TPSA) is 30.7 Å². The second-order valence-electron chi connectivity index (χ2n) is 4.64. The van der Waals surface area contributed by atoms with Crippen molar-refractivity contribution in [2.45, 2.75) is 13.8 Å². The van der Waals surface area contributed by atoms with E-state index >= 15 is 0 Å². The number of hydrogen-bond acceptors (Lipinski definition) is 2. The molecule has 3 aromatic rings. The van der Waals surface area contributed by atoms with Gasteiger partial charge in [0.15, 0.2) is 0 Å². The third kappa shape index (κ3) is 2.15. The van der Waals surface area contributed by atoms with Crippen LogP contribution in [0.5, 0.6) is 0 Å². The Balaban J connectivity index is 2.14. The zero-order valence-corrected chi connectivity index (χ0v) is 11.0. The van der Waals surface area contributed by atoms with E-state index in [0.29, 0.717) is 0 Å². The summed E-state index contributed by atoms with van der Waals surface area (Å²) in [5, 5.41) is 0. The summed E-state index contributed by atoms with van der Waals surface area (Å²) in [7, 11) is 0. The first-order valence-electron chi connectivity index (χ1n) is 6.26. The molecule has 3 rings (SSSR count). The van der Waals surface area contributed by atoms with E-state index in [9.17, 15) is 0 Å². The molecule has 3 heteroatoms. The highest BCUT2D eigenvalue weighted by Gasteiger charge is 2.09. The molecular weight excluding hydrogens is 234 g/mol. The van der Waals surface area contributed by atoms with Crippen molar-refractivity contribution in [3.63, 3.8) is 0 Å². The maximum atomic E-state index is 4.44. The van der Waals surface area contributed by atoms with Crippen LogP contribution in [0.4, 0.5) is 0 Å². The lowest BCUT2D eigenvalue weighted by Crippen LogP contribution is -1.96. The minimum atomic E-state index is 1.02. The van der Waals surface area contributed by atoms with Crippen LogP contribution in [0.15, 0.2) is 55.2 Å². The van der Waals surface area contributed by atoms with Crippen LogP contribution >= 0.6 is 0 Å². The van der Waals surface area contributed by atoms with Crippen molar-refractivity contribution in [3.8, 4) is 16.9 Å². The van der Waals surface area contributed by atoms with Crippen molar-refractivity contribution in [1.82, 2.24) is 14.5 Å². The van der Waals surface area contributed by atoms with Gasteiger partial charge in [0.1, 0.15) is 0 Å². The molecule has 0 spiro atoms. The van der Waals surface area contributed by atoms with Crippen LogP contribution < -0.4 is 0 Å². The Kier molecular flexibility index (Phi) is 2.88. The van der Waals surface area contributed by atoms with Crippen LogP contribution in [-0.4, -0.2) is 14.5 Å². The lowest BCUT2D eigenvalue weighted by molar-refractivity contribution is 1.05. The summed E-state index contributed by atoms with van der Waals surface area (Å²) in [5.41, 5.74) is 5.82. The van der Waals surface area contributed by atoms with E-state index in [0.717, 1.165) is 11.4 Å². The second-order valence-corrected chi connectivity index (χ2v) is 4.64. The summed E-state index contributed by atoms with van der Waals surface area (Å²) in [6.07, 6.45) is 7.39. The average Bonchev–Trinajstić information content (AvgIpc) is 2.93. The maximum absolute atomic E-state index is 4.44. The molecule has 0 radical (unpaired) electrons. The minimum Gasteiger partial charge on any atom is -0.306 e. The summed E-state index contributed by atoms with van der Waals surface area (Å²) >= 11 is 0. The number of hydrogen-bond donors (Lipinski definition) is 0. The van der Waals surface area contributed by atoms with Gasteiger partial charge < -0.3 is 4.57 Å². The molecule has 2 heterocycles. The second kappa shape index (κ2) is 4.69. The van der Waals surface area contributed by atoms with E-state index in [1.54, 1.807) is 6.20 Å². The molecule has 0 saturated heterocycles. The largest absolute Gasteiger partial charge is 0.306 e. The summed E-state index contributed by atoms with van der Waals surface area (Å²) in [6.45, 7) is 4.24. The lowest BCUT2D eigenvalue weighted by Gasteiger charge is -2.12. The van der Waals surface area contributed by atoms with Gasteiger partial charge in [0.2, 0.25) is 0 Å². The number of benzene rings is 1. The molecule has 2 aromatic heterocycles. The van der Waals surface area contributed by atoms with Gasteiger partial charge in [-0.05, 0) is 49.2 Å². The molecule has 1 aromatic carbocycles. The van der Waals surface area contributed by atoms with E-state index in [1.165, 1.54) is 16.7 Å². The van der Waals surface area contributed by atoms with Crippen molar-refractivity contribution >= 4 is 0 Å². The molecular formula is C16H15N3. The number of pyridine rings is 1. The monoisotopic (exact) mass is 249 g/mol. The van der Waals surface area contributed by atoms with Crippen molar-refractivity contribution < 1.29 is 0 Å². The third-order valence-corrected chi connectivity index (χ3v) is 3.24. The fraction of sp³-hybridized carbons (Fsp3) is 0.125. The zero-order valence-electron chi connectivity index (χ0n) is 11.0. The van der Waals surface area contributed by atoms with E-state index in [-0.39, 0.29) is 0 Å². The van der Waals surface area contributed by atoms with E-state index in [4.69, 9.17) is 0 Å². The fourth-order valence-corrected chi connectivity index (χ4v) is 2.42. The Labute approximate surface area is 112 Å². The highest BCUT2D eigenvalue weighted by Crippen LogP contribution is 2.27. The Hall–Kier alpha value is -2.42. The van der Waals surface area contributed by atoms with Gasteiger partial charge in [0.25, 0.3) is 0 Å². The van der Waals surface area contributed by atoms with E-state index in [1.807, 2.05) is 41.5 Å². The zero-order chi connectivity index (χ0) is 13.2. The van der Waals surface area contributed by atoms with Gasteiger partial charge >= 0.3 is 0 Å². The van der Waals surface area contributed by atoms with Gasteiger partial charge in [-0.2, -0.15) is 0 Å². The Bertz CT molecular complexity index is 662. The Morgan fingerprint density at radius 1 is 1.00 bits per heavy atom. The molecule has 0 amide bonds. The van der Waals surface area contributed by atoms with Gasteiger partial charge in [-0.1, -0.05) is 6.07 Å². The van der Waals surface area contributed by atoms with Crippen molar-refractivity contribution in [2.24, 2.45) is 0 Å². The van der Waals surface area contributed by atoms with Crippen LogP contribution in [0.1, 0.15) is 11.1 Å². The van der Waals surface area contributed by atoms with Gasteiger partial charge in [-0.3, -0.25) is 4.98 Å². The molecule has 0 fully saturated rings. The first-order valence-corrected chi connectivity index (χ1v) is 6.26. The molecule has 0 bridgehead atoms. The van der Waals surface area contributed by atoms with Crippen LogP contribution in [-0.2, 0) is 0 Å². The maximum Gasteiger partial charge on any atom is 0.0991 e. The van der Waals surface area contributed by atoms with Crippen molar-refractivity contribution in [3.05, 3.63) is 66.4 Å². The molecule has 0 unspecified atom stereocenters. The van der Waals surface area contributed by atoms with Crippen LogP contribution in [0, 0.1) is 13.8 Å². The van der Waals surface area contributed by atoms with Crippen LogP contribution in [0.2, 0.25) is 0 Å². The van der Waals surface area contributed by atoms with Gasteiger partial charge in [0, 0.05) is 29.8 Å². The van der Waals surface area contributed by atoms with Gasteiger partial charge in [-0.25, -0.2) is 4.98 Å².